The topological polar surface area (TPSA) is 81.4 Å². The number of ether oxygens (including phenoxy) is 1. The van der Waals surface area contributed by atoms with Gasteiger partial charge in [0.15, 0.2) is 0 Å². The van der Waals surface area contributed by atoms with Crippen LogP contribution in [0.15, 0.2) is 70.4 Å². The van der Waals surface area contributed by atoms with Crippen LogP contribution in [0.4, 0.5) is 0 Å². The van der Waals surface area contributed by atoms with Crippen molar-refractivity contribution in [2.45, 2.75) is 17.1 Å². The Morgan fingerprint density at radius 3 is 2.79 bits per heavy atom. The van der Waals surface area contributed by atoms with Crippen molar-refractivity contribution in [3.8, 4) is 0 Å². The quantitative estimate of drug-likeness (QED) is 0.462. The number of rotatable bonds is 8. The van der Waals surface area contributed by atoms with Gasteiger partial charge in [0.25, 0.3) is 5.91 Å². The van der Waals surface area contributed by atoms with Gasteiger partial charge in [0.05, 0.1) is 24.7 Å². The number of methoxy groups -OCH3 is 1. The number of benzene rings is 1. The lowest BCUT2D eigenvalue weighted by Crippen LogP contribution is -2.26. The number of pyridine rings is 1. The highest BCUT2D eigenvalue weighted by Gasteiger charge is 2.17. The van der Waals surface area contributed by atoms with E-state index >= 15 is 0 Å². The van der Waals surface area contributed by atoms with Crippen molar-refractivity contribution in [3.63, 3.8) is 0 Å². The first-order valence-corrected chi connectivity index (χ1v) is 9.71. The number of aromatic nitrogens is 1. The molecule has 0 aliphatic heterocycles. The van der Waals surface area contributed by atoms with Gasteiger partial charge in [-0.1, -0.05) is 18.2 Å². The molecule has 0 saturated carbocycles. The summed E-state index contributed by atoms with van der Waals surface area (Å²) < 4.78 is 10.1. The molecule has 1 N–H and O–H groups in total. The fourth-order valence-electron chi connectivity index (χ4n) is 2.63. The fraction of sp³-hybridized carbons (Fsp3) is 0.190. The van der Waals surface area contributed by atoms with Crippen molar-refractivity contribution in [2.24, 2.45) is 0 Å². The summed E-state index contributed by atoms with van der Waals surface area (Å²) in [6.07, 6.45) is 5.68. The Morgan fingerprint density at radius 2 is 2.00 bits per heavy atom. The molecule has 0 spiro atoms. The Morgan fingerprint density at radius 1 is 1.14 bits per heavy atom. The first kappa shape index (κ1) is 19.7. The molecule has 0 radical (unpaired) electrons. The number of esters is 1. The van der Waals surface area contributed by atoms with Crippen molar-refractivity contribution in [3.05, 3.63) is 83.6 Å². The smallest absolute Gasteiger partial charge is 0.341 e. The summed E-state index contributed by atoms with van der Waals surface area (Å²) in [5.41, 5.74) is 2.05. The van der Waals surface area contributed by atoms with Crippen LogP contribution in [0.2, 0.25) is 0 Å². The highest BCUT2D eigenvalue weighted by atomic mass is 32.2. The second-order valence-corrected chi connectivity index (χ2v) is 6.92. The highest BCUT2D eigenvalue weighted by Crippen LogP contribution is 2.28. The molecule has 144 valence electrons. The zero-order valence-corrected chi connectivity index (χ0v) is 16.2. The van der Waals surface area contributed by atoms with Crippen LogP contribution >= 0.6 is 11.8 Å². The largest absolute Gasteiger partial charge is 0.468 e. The molecule has 1 amide bonds. The standard InChI is InChI=1S/C21H20N2O4S/c1-26-21(25)16-9-12-27-18(16)14-28-19-7-3-2-6-17(19)20(24)23-11-8-15-5-4-10-22-13-15/h2-7,9-10,12-13H,8,11,14H2,1H3,(H,23,24). The Balaban J connectivity index is 1.62. The molecule has 0 aliphatic rings. The molecule has 0 atom stereocenters. The van der Waals surface area contributed by atoms with Crippen LogP contribution in [0.25, 0.3) is 0 Å². The molecule has 2 heterocycles. The third kappa shape index (κ3) is 5.01. The summed E-state index contributed by atoms with van der Waals surface area (Å²) in [5, 5.41) is 2.94. The maximum Gasteiger partial charge on any atom is 0.341 e. The molecule has 0 aliphatic carbocycles. The normalized spacial score (nSPS) is 10.5. The van der Waals surface area contributed by atoms with Gasteiger partial charge in [-0.3, -0.25) is 9.78 Å². The molecule has 0 saturated heterocycles. The number of nitrogens with zero attached hydrogens (tertiary/aromatic N) is 1. The summed E-state index contributed by atoms with van der Waals surface area (Å²) in [4.78, 5) is 29.2. The van der Waals surface area contributed by atoms with E-state index in [4.69, 9.17) is 9.15 Å². The number of hydrogen-bond donors (Lipinski definition) is 1. The second-order valence-electron chi connectivity index (χ2n) is 5.90. The molecular formula is C21H20N2O4S. The first-order chi connectivity index (χ1) is 13.7. The van der Waals surface area contributed by atoms with Gasteiger partial charge in [-0.2, -0.15) is 0 Å². The van der Waals surface area contributed by atoms with Crippen LogP contribution in [-0.2, 0) is 16.9 Å². The molecule has 0 fully saturated rings. The highest BCUT2D eigenvalue weighted by molar-refractivity contribution is 7.98. The summed E-state index contributed by atoms with van der Waals surface area (Å²) >= 11 is 1.43. The van der Waals surface area contributed by atoms with Crippen LogP contribution in [0.1, 0.15) is 32.0 Å². The van der Waals surface area contributed by atoms with Gasteiger partial charge in [-0.05, 0) is 36.2 Å². The van der Waals surface area contributed by atoms with E-state index in [1.165, 1.54) is 25.1 Å². The number of amides is 1. The Hall–Kier alpha value is -3.06. The van der Waals surface area contributed by atoms with E-state index in [0.717, 1.165) is 10.5 Å². The van der Waals surface area contributed by atoms with Gasteiger partial charge in [-0.25, -0.2) is 4.79 Å². The van der Waals surface area contributed by atoms with E-state index in [9.17, 15) is 9.59 Å². The molecule has 1 aromatic carbocycles. The SMILES string of the molecule is COC(=O)c1ccoc1CSc1ccccc1C(=O)NCCc1cccnc1. The lowest BCUT2D eigenvalue weighted by Gasteiger charge is -2.10. The van der Waals surface area contributed by atoms with Crippen molar-refractivity contribution in [1.29, 1.82) is 0 Å². The molecular weight excluding hydrogens is 376 g/mol. The molecule has 7 heteroatoms. The number of carbonyl (C=O) groups excluding carboxylic acids is 2. The molecule has 0 bridgehead atoms. The molecule has 0 unspecified atom stereocenters. The van der Waals surface area contributed by atoms with Crippen molar-refractivity contribution in [2.75, 3.05) is 13.7 Å². The van der Waals surface area contributed by atoms with Gasteiger partial charge < -0.3 is 14.5 Å². The molecule has 28 heavy (non-hydrogen) atoms. The van der Waals surface area contributed by atoms with E-state index in [-0.39, 0.29) is 5.91 Å². The molecule has 3 rings (SSSR count). The first-order valence-electron chi connectivity index (χ1n) is 8.72. The van der Waals surface area contributed by atoms with Crippen LogP contribution in [0.5, 0.6) is 0 Å². The monoisotopic (exact) mass is 396 g/mol. The molecule has 6 nitrogen and oxygen atoms in total. The van der Waals surface area contributed by atoms with E-state index in [2.05, 4.69) is 10.3 Å². The van der Waals surface area contributed by atoms with Gasteiger partial charge in [0.2, 0.25) is 0 Å². The average molecular weight is 396 g/mol. The van der Waals surface area contributed by atoms with E-state index in [1.807, 2.05) is 30.3 Å². The van der Waals surface area contributed by atoms with Crippen LogP contribution in [0, 0.1) is 0 Å². The summed E-state index contributed by atoms with van der Waals surface area (Å²) in [5.74, 6) is 0.353. The van der Waals surface area contributed by atoms with Crippen LogP contribution < -0.4 is 5.32 Å². The Kier molecular flexibility index (Phi) is 6.86. The fourth-order valence-corrected chi connectivity index (χ4v) is 3.63. The zero-order chi connectivity index (χ0) is 19.8. The predicted molar refractivity (Wildman–Crippen MR) is 106 cm³/mol. The van der Waals surface area contributed by atoms with Gasteiger partial charge in [-0.15, -0.1) is 11.8 Å². The van der Waals surface area contributed by atoms with Crippen molar-refractivity contribution in [1.82, 2.24) is 10.3 Å². The van der Waals surface area contributed by atoms with Gasteiger partial charge >= 0.3 is 5.97 Å². The second kappa shape index (κ2) is 9.75. The van der Waals surface area contributed by atoms with Crippen LogP contribution in [0.3, 0.4) is 0 Å². The molecule has 3 aromatic rings. The molecule has 2 aromatic heterocycles. The van der Waals surface area contributed by atoms with Gasteiger partial charge in [0.1, 0.15) is 11.3 Å². The van der Waals surface area contributed by atoms with Crippen molar-refractivity contribution >= 4 is 23.6 Å². The minimum atomic E-state index is -0.439. The summed E-state index contributed by atoms with van der Waals surface area (Å²) in [6, 6.07) is 12.8. The average Bonchev–Trinajstić information content (AvgIpc) is 3.21. The number of nitrogens with one attached hydrogen (secondary N) is 1. The Bertz CT molecular complexity index is 940. The predicted octanol–water partition coefficient (Wildman–Crippen LogP) is 3.73. The summed E-state index contributed by atoms with van der Waals surface area (Å²) in [6.45, 7) is 0.522. The lowest BCUT2D eigenvalue weighted by atomic mass is 10.2. The number of carbonyl (C=O) groups is 2. The maximum atomic E-state index is 12.6. The minimum Gasteiger partial charge on any atom is -0.468 e. The van der Waals surface area contributed by atoms with E-state index < -0.39 is 5.97 Å². The van der Waals surface area contributed by atoms with E-state index in [0.29, 0.717) is 35.6 Å². The van der Waals surface area contributed by atoms with Gasteiger partial charge in [0, 0.05) is 23.8 Å². The van der Waals surface area contributed by atoms with Crippen molar-refractivity contribution < 1.29 is 18.7 Å². The number of thioether (sulfide) groups is 1. The zero-order valence-electron chi connectivity index (χ0n) is 15.4. The maximum absolute atomic E-state index is 12.6. The third-order valence-corrected chi connectivity index (χ3v) is 5.14. The number of furan rings is 1. The third-order valence-electron chi connectivity index (χ3n) is 4.06. The number of hydrogen-bond acceptors (Lipinski definition) is 6. The summed E-state index contributed by atoms with van der Waals surface area (Å²) in [7, 11) is 1.33. The minimum absolute atomic E-state index is 0.139. The van der Waals surface area contributed by atoms with E-state index in [1.54, 1.807) is 24.5 Å². The Labute approximate surface area is 167 Å². The van der Waals surface area contributed by atoms with Crippen LogP contribution in [-0.4, -0.2) is 30.5 Å². The lowest BCUT2D eigenvalue weighted by molar-refractivity contribution is 0.0598.